The second-order valence-corrected chi connectivity index (χ2v) is 6.30. The van der Waals surface area contributed by atoms with Gasteiger partial charge >= 0.3 is 0 Å². The van der Waals surface area contributed by atoms with Crippen molar-refractivity contribution in [1.29, 1.82) is 0 Å². The Bertz CT molecular complexity index is 803. The van der Waals surface area contributed by atoms with E-state index in [1.54, 1.807) is 34.1 Å². The highest BCUT2D eigenvalue weighted by atomic mass is 16.2. The Balaban J connectivity index is 1.84. The molecule has 134 valence electrons. The van der Waals surface area contributed by atoms with Crippen LogP contribution in [0.2, 0.25) is 0 Å². The minimum Gasteiger partial charge on any atom is -0.366 e. The largest absolute Gasteiger partial charge is 0.366 e. The molecule has 0 spiro atoms. The monoisotopic (exact) mass is 351 g/mol. The molecule has 0 atom stereocenters. The molecule has 0 aromatic heterocycles. The topological polar surface area (TPSA) is 83.7 Å². The van der Waals surface area contributed by atoms with Crippen LogP contribution in [-0.4, -0.2) is 35.8 Å². The van der Waals surface area contributed by atoms with Gasteiger partial charge in [0.15, 0.2) is 0 Å². The molecule has 1 fully saturated rings. The van der Waals surface area contributed by atoms with Crippen molar-refractivity contribution in [3.05, 3.63) is 65.7 Å². The maximum Gasteiger partial charge on any atom is 0.248 e. The van der Waals surface area contributed by atoms with Gasteiger partial charge in [-0.1, -0.05) is 30.3 Å². The first-order chi connectivity index (χ1) is 12.5. The summed E-state index contributed by atoms with van der Waals surface area (Å²) in [5.41, 5.74) is 7.20. The van der Waals surface area contributed by atoms with Gasteiger partial charge in [0.1, 0.15) is 6.67 Å². The lowest BCUT2D eigenvalue weighted by atomic mass is 10.1. The van der Waals surface area contributed by atoms with Crippen LogP contribution in [0.5, 0.6) is 0 Å². The number of rotatable bonds is 6. The molecule has 0 aliphatic carbocycles. The van der Waals surface area contributed by atoms with Gasteiger partial charge in [0.25, 0.3) is 0 Å². The highest BCUT2D eigenvalue weighted by Crippen LogP contribution is 2.20. The summed E-state index contributed by atoms with van der Waals surface area (Å²) in [6.45, 7) is 0.855. The van der Waals surface area contributed by atoms with Crippen LogP contribution in [0.15, 0.2) is 54.6 Å². The average Bonchev–Trinajstić information content (AvgIpc) is 3.05. The van der Waals surface area contributed by atoms with Crippen molar-refractivity contribution in [2.45, 2.75) is 19.3 Å². The average molecular weight is 351 g/mol. The number of nitrogens with zero attached hydrogens (tertiary/aromatic N) is 2. The molecule has 26 heavy (non-hydrogen) atoms. The van der Waals surface area contributed by atoms with Gasteiger partial charge in [-0.15, -0.1) is 0 Å². The summed E-state index contributed by atoms with van der Waals surface area (Å²) < 4.78 is 0. The van der Waals surface area contributed by atoms with Crippen molar-refractivity contribution in [3.63, 3.8) is 0 Å². The van der Waals surface area contributed by atoms with Crippen molar-refractivity contribution in [2.75, 3.05) is 18.1 Å². The van der Waals surface area contributed by atoms with Crippen LogP contribution in [0.1, 0.15) is 28.8 Å². The number of amides is 3. The van der Waals surface area contributed by atoms with Gasteiger partial charge in [0.2, 0.25) is 17.7 Å². The molecule has 6 heteroatoms. The normalized spacial score (nSPS) is 13.7. The predicted molar refractivity (Wildman–Crippen MR) is 98.4 cm³/mol. The van der Waals surface area contributed by atoms with Crippen LogP contribution in [0, 0.1) is 0 Å². The van der Waals surface area contributed by atoms with Crippen molar-refractivity contribution < 1.29 is 14.4 Å². The maximum atomic E-state index is 12.9. The van der Waals surface area contributed by atoms with E-state index in [0.29, 0.717) is 24.2 Å². The molecule has 2 N–H and O–H groups in total. The zero-order valence-corrected chi connectivity index (χ0v) is 14.4. The van der Waals surface area contributed by atoms with Crippen molar-refractivity contribution in [1.82, 2.24) is 4.90 Å². The number of likely N-dealkylation sites (tertiary alicyclic amines) is 1. The Morgan fingerprint density at radius 3 is 2.31 bits per heavy atom. The number of carbonyl (C=O) groups excluding carboxylic acids is 3. The first-order valence-electron chi connectivity index (χ1n) is 8.56. The molecule has 6 nitrogen and oxygen atoms in total. The lowest BCUT2D eigenvalue weighted by Gasteiger charge is -2.28. The predicted octanol–water partition coefficient (Wildman–Crippen LogP) is 1.94. The van der Waals surface area contributed by atoms with Crippen molar-refractivity contribution >= 4 is 23.4 Å². The van der Waals surface area contributed by atoms with Gasteiger partial charge in [0.05, 0.1) is 6.42 Å². The number of benzene rings is 2. The fraction of sp³-hybridized carbons (Fsp3) is 0.250. The van der Waals surface area contributed by atoms with E-state index in [4.69, 9.17) is 5.73 Å². The Morgan fingerprint density at radius 1 is 1.04 bits per heavy atom. The van der Waals surface area contributed by atoms with Gasteiger partial charge in [-0.05, 0) is 36.2 Å². The Labute approximate surface area is 152 Å². The quantitative estimate of drug-likeness (QED) is 0.863. The van der Waals surface area contributed by atoms with Crippen LogP contribution in [0.25, 0.3) is 0 Å². The van der Waals surface area contributed by atoms with E-state index in [9.17, 15) is 14.4 Å². The highest BCUT2D eigenvalue weighted by molar-refractivity contribution is 5.97. The molecule has 2 aromatic rings. The fourth-order valence-corrected chi connectivity index (χ4v) is 3.00. The molecule has 2 aromatic carbocycles. The molecular formula is C20H21N3O3. The summed E-state index contributed by atoms with van der Waals surface area (Å²) in [6.07, 6.45) is 1.56. The molecule has 3 rings (SSSR count). The lowest BCUT2D eigenvalue weighted by Crippen LogP contribution is -2.43. The Hall–Kier alpha value is -3.15. The lowest BCUT2D eigenvalue weighted by molar-refractivity contribution is -0.128. The number of hydrogen-bond acceptors (Lipinski definition) is 3. The molecule has 1 aliphatic heterocycles. The number of carbonyl (C=O) groups is 3. The first-order valence-corrected chi connectivity index (χ1v) is 8.56. The molecule has 1 heterocycles. The fourth-order valence-electron chi connectivity index (χ4n) is 3.00. The van der Waals surface area contributed by atoms with Gasteiger partial charge in [0, 0.05) is 24.2 Å². The Morgan fingerprint density at radius 2 is 1.73 bits per heavy atom. The van der Waals surface area contributed by atoms with Crippen LogP contribution in [-0.2, 0) is 16.0 Å². The minimum atomic E-state index is -0.520. The van der Waals surface area contributed by atoms with Gasteiger partial charge in [-0.3, -0.25) is 19.3 Å². The third kappa shape index (κ3) is 4.08. The Kier molecular flexibility index (Phi) is 5.31. The number of anilines is 1. The molecule has 3 amide bonds. The minimum absolute atomic E-state index is 0.0521. The smallest absolute Gasteiger partial charge is 0.248 e. The van der Waals surface area contributed by atoms with E-state index in [1.807, 2.05) is 30.3 Å². The van der Waals surface area contributed by atoms with Gasteiger partial charge in [-0.2, -0.15) is 0 Å². The SMILES string of the molecule is NC(=O)c1ccc(N(CN2CCCC2=O)C(=O)Cc2ccccc2)cc1. The van der Waals surface area contributed by atoms with E-state index in [1.165, 1.54) is 0 Å². The second-order valence-electron chi connectivity index (χ2n) is 6.30. The van der Waals surface area contributed by atoms with Crippen LogP contribution in [0.3, 0.4) is 0 Å². The molecule has 0 bridgehead atoms. The number of primary amides is 1. The van der Waals surface area contributed by atoms with E-state index in [2.05, 4.69) is 0 Å². The van der Waals surface area contributed by atoms with E-state index < -0.39 is 5.91 Å². The van der Waals surface area contributed by atoms with E-state index >= 15 is 0 Å². The van der Waals surface area contributed by atoms with Crippen LogP contribution >= 0.6 is 0 Å². The van der Waals surface area contributed by atoms with Crippen LogP contribution in [0.4, 0.5) is 5.69 Å². The number of nitrogens with two attached hydrogens (primary N) is 1. The summed E-state index contributed by atoms with van der Waals surface area (Å²) in [5, 5.41) is 0. The number of hydrogen-bond donors (Lipinski definition) is 1. The standard InChI is InChI=1S/C20H21N3O3/c21-20(26)16-8-10-17(11-9-16)23(14-22-12-4-7-18(22)24)19(25)13-15-5-2-1-3-6-15/h1-3,5-6,8-11H,4,7,12-14H2,(H2,21,26). The van der Waals surface area contributed by atoms with E-state index in [-0.39, 0.29) is 24.9 Å². The summed E-state index contributed by atoms with van der Waals surface area (Å²) in [5.74, 6) is -0.576. The zero-order valence-electron chi connectivity index (χ0n) is 14.4. The van der Waals surface area contributed by atoms with Gasteiger partial charge < -0.3 is 10.6 Å². The third-order valence-corrected chi connectivity index (χ3v) is 4.45. The molecule has 0 radical (unpaired) electrons. The molecule has 1 aliphatic rings. The van der Waals surface area contributed by atoms with Crippen molar-refractivity contribution in [3.8, 4) is 0 Å². The maximum absolute atomic E-state index is 12.9. The van der Waals surface area contributed by atoms with Crippen molar-refractivity contribution in [2.24, 2.45) is 5.73 Å². The first kappa shape index (κ1) is 17.7. The summed E-state index contributed by atoms with van der Waals surface area (Å²) >= 11 is 0. The second kappa shape index (κ2) is 7.82. The van der Waals surface area contributed by atoms with Gasteiger partial charge in [-0.25, -0.2) is 0 Å². The summed E-state index contributed by atoms with van der Waals surface area (Å²) in [6, 6.07) is 16.0. The summed E-state index contributed by atoms with van der Waals surface area (Å²) in [4.78, 5) is 39.5. The summed E-state index contributed by atoms with van der Waals surface area (Å²) in [7, 11) is 0. The molecule has 1 saturated heterocycles. The zero-order chi connectivity index (χ0) is 18.5. The molecular weight excluding hydrogens is 330 g/mol. The molecule has 0 unspecified atom stereocenters. The highest BCUT2D eigenvalue weighted by Gasteiger charge is 2.25. The third-order valence-electron chi connectivity index (χ3n) is 4.45. The van der Waals surface area contributed by atoms with E-state index in [0.717, 1.165) is 12.0 Å². The molecule has 0 saturated carbocycles. The van der Waals surface area contributed by atoms with Crippen LogP contribution < -0.4 is 10.6 Å².